The molecule has 0 saturated carbocycles. The van der Waals surface area contributed by atoms with Crippen molar-refractivity contribution in [3.05, 3.63) is 0 Å². The summed E-state index contributed by atoms with van der Waals surface area (Å²) in [4.78, 5) is 4.61. The van der Waals surface area contributed by atoms with Crippen LogP contribution in [0.3, 0.4) is 0 Å². The number of nitrogens with zero attached hydrogens (tertiary/aromatic N) is 2. The van der Waals surface area contributed by atoms with Crippen LogP contribution in [-0.4, -0.2) is 51.8 Å². The first kappa shape index (κ1) is 30.5. The molecule has 0 spiro atoms. The number of hydrogen-bond donors (Lipinski definition) is 1. The summed E-state index contributed by atoms with van der Waals surface area (Å²) >= 11 is 13.4. The molecule has 1 aliphatic heterocycles. The Labute approximate surface area is 210 Å². The Morgan fingerprint density at radius 1 is 0.625 bits per heavy atom. The lowest BCUT2D eigenvalue weighted by molar-refractivity contribution is 0.0604. The van der Waals surface area contributed by atoms with E-state index in [2.05, 4.69) is 30.6 Å². The van der Waals surface area contributed by atoms with Gasteiger partial charge in [0.15, 0.2) is 0 Å². The van der Waals surface area contributed by atoms with E-state index in [1.807, 2.05) is 0 Å². The van der Waals surface area contributed by atoms with Gasteiger partial charge in [-0.3, -0.25) is 9.80 Å². The highest BCUT2D eigenvalue weighted by atomic mass is 35.5. The molecule has 5 heteroatoms. The van der Waals surface area contributed by atoms with Gasteiger partial charge in [-0.1, -0.05) is 117 Å². The molecule has 1 N–H and O–H groups in total. The maximum atomic E-state index is 9.54. The second-order valence-electron chi connectivity index (χ2n) is 10.1. The maximum Gasteiger partial charge on any atom is 0.116 e. The van der Waals surface area contributed by atoms with Crippen molar-refractivity contribution in [2.45, 2.75) is 147 Å². The third-order valence-electron chi connectivity index (χ3n) is 7.19. The lowest BCUT2D eigenvalue weighted by atomic mass is 9.97. The summed E-state index contributed by atoms with van der Waals surface area (Å²) in [6.07, 6.45) is 23.4. The van der Waals surface area contributed by atoms with Gasteiger partial charge in [-0.05, 0) is 18.8 Å². The lowest BCUT2D eigenvalue weighted by Crippen LogP contribution is -2.46. The zero-order chi connectivity index (χ0) is 23.6. The van der Waals surface area contributed by atoms with Crippen molar-refractivity contribution in [1.82, 2.24) is 9.80 Å². The van der Waals surface area contributed by atoms with Gasteiger partial charge >= 0.3 is 0 Å². The van der Waals surface area contributed by atoms with E-state index in [0.717, 1.165) is 19.4 Å². The largest absolute Gasteiger partial charge is 0.395 e. The van der Waals surface area contributed by atoms with E-state index in [1.165, 1.54) is 96.3 Å². The molecule has 3 nitrogen and oxygen atoms in total. The molecule has 4 unspecified atom stereocenters. The highest BCUT2D eigenvalue weighted by molar-refractivity contribution is 6.29. The van der Waals surface area contributed by atoms with Crippen LogP contribution in [0.1, 0.15) is 130 Å². The van der Waals surface area contributed by atoms with E-state index in [9.17, 15) is 5.11 Å². The highest BCUT2D eigenvalue weighted by Gasteiger charge is 2.46. The quantitative estimate of drug-likeness (QED) is 0.0988. The van der Waals surface area contributed by atoms with Crippen molar-refractivity contribution in [3.8, 4) is 0 Å². The summed E-state index contributed by atoms with van der Waals surface area (Å²) in [6, 6.07) is 0. The fraction of sp³-hybridized carbons (Fsp3) is 1.00. The molecule has 0 aromatic heterocycles. The average molecular weight is 494 g/mol. The third kappa shape index (κ3) is 11.7. The minimum absolute atomic E-state index is 0.135. The summed E-state index contributed by atoms with van der Waals surface area (Å²) in [5.41, 5.74) is -0.386. The van der Waals surface area contributed by atoms with Gasteiger partial charge < -0.3 is 5.11 Å². The van der Waals surface area contributed by atoms with E-state index in [0.29, 0.717) is 12.5 Å². The first-order valence-electron chi connectivity index (χ1n) is 14.0. The van der Waals surface area contributed by atoms with E-state index in [4.69, 9.17) is 23.2 Å². The Balaban J connectivity index is 2.16. The van der Waals surface area contributed by atoms with Crippen LogP contribution in [0, 0.1) is 5.92 Å². The van der Waals surface area contributed by atoms with Gasteiger partial charge in [0.1, 0.15) is 11.0 Å². The van der Waals surface area contributed by atoms with Crippen LogP contribution in [0.15, 0.2) is 0 Å². The number of alkyl halides is 2. The van der Waals surface area contributed by atoms with Crippen molar-refractivity contribution in [1.29, 1.82) is 0 Å². The van der Waals surface area contributed by atoms with Crippen LogP contribution < -0.4 is 0 Å². The smallest absolute Gasteiger partial charge is 0.116 e. The minimum atomic E-state index is -0.218. The molecule has 1 heterocycles. The molecule has 1 aliphatic rings. The summed E-state index contributed by atoms with van der Waals surface area (Å²) < 4.78 is 0. The van der Waals surface area contributed by atoms with Crippen LogP contribution in [0.4, 0.5) is 0 Å². The molecule has 32 heavy (non-hydrogen) atoms. The van der Waals surface area contributed by atoms with Crippen molar-refractivity contribution >= 4 is 23.2 Å². The molecular weight excluding hydrogens is 439 g/mol. The number of hydrogen-bond acceptors (Lipinski definition) is 3. The fourth-order valence-corrected chi connectivity index (χ4v) is 5.94. The molecule has 4 atom stereocenters. The number of aliphatic hydroxyl groups excluding tert-OH is 1. The van der Waals surface area contributed by atoms with Crippen LogP contribution in [0.25, 0.3) is 0 Å². The lowest BCUT2D eigenvalue weighted by Gasteiger charge is -2.35. The van der Waals surface area contributed by atoms with E-state index in [1.54, 1.807) is 0 Å². The molecule has 0 aromatic rings. The van der Waals surface area contributed by atoms with Gasteiger partial charge in [-0.25, -0.2) is 0 Å². The minimum Gasteiger partial charge on any atom is -0.395 e. The van der Waals surface area contributed by atoms with Gasteiger partial charge in [0.2, 0.25) is 0 Å². The Hall–Kier alpha value is 0.460. The van der Waals surface area contributed by atoms with Gasteiger partial charge in [0, 0.05) is 13.1 Å². The first-order chi connectivity index (χ1) is 15.6. The highest BCUT2D eigenvalue weighted by Crippen LogP contribution is 2.37. The second-order valence-corrected chi connectivity index (χ2v) is 11.0. The monoisotopic (exact) mass is 492 g/mol. The average Bonchev–Trinajstić information content (AvgIpc) is 3.02. The van der Waals surface area contributed by atoms with Gasteiger partial charge in [-0.2, -0.15) is 0 Å². The topological polar surface area (TPSA) is 26.7 Å². The zero-order valence-corrected chi connectivity index (χ0v) is 23.1. The molecule has 192 valence electrons. The zero-order valence-electron chi connectivity index (χ0n) is 21.5. The second kappa shape index (κ2) is 19.7. The summed E-state index contributed by atoms with van der Waals surface area (Å²) in [7, 11) is 0. The van der Waals surface area contributed by atoms with Crippen molar-refractivity contribution in [2.75, 3.05) is 19.7 Å². The number of aliphatic hydroxyl groups is 1. The first-order valence-corrected chi connectivity index (χ1v) is 14.9. The predicted octanol–water partition coefficient (Wildman–Crippen LogP) is 8.36. The number of β-amino-alcohol motifs (C(OH)–C–C–N with tert-alkyl or cyclic N) is 1. The maximum absolute atomic E-state index is 9.54. The molecule has 0 aliphatic carbocycles. The van der Waals surface area contributed by atoms with E-state index >= 15 is 0 Å². The van der Waals surface area contributed by atoms with Gasteiger partial charge in [-0.15, -0.1) is 23.2 Å². The van der Waals surface area contributed by atoms with Crippen molar-refractivity contribution in [3.63, 3.8) is 0 Å². The Kier molecular flexibility index (Phi) is 18.8. The Morgan fingerprint density at radius 2 is 1.03 bits per heavy atom. The number of unbranched alkanes of at least 4 members (excludes halogenated alkanes) is 14. The SMILES string of the molecule is CCCCCCCCCCCCCCCCC(C)C1N(CCO)C(Cl)C(Cl)N1CCCC. The van der Waals surface area contributed by atoms with Crippen LogP contribution in [-0.2, 0) is 0 Å². The van der Waals surface area contributed by atoms with Gasteiger partial charge in [0.25, 0.3) is 0 Å². The molecule has 0 radical (unpaired) electrons. The number of rotatable bonds is 21. The summed E-state index contributed by atoms with van der Waals surface area (Å²) in [5, 5.41) is 9.54. The fourth-order valence-electron chi connectivity index (χ4n) is 5.23. The molecule has 0 amide bonds. The third-order valence-corrected chi connectivity index (χ3v) is 8.30. The molecule has 1 saturated heterocycles. The Morgan fingerprint density at radius 3 is 1.47 bits per heavy atom. The molecule has 1 fully saturated rings. The van der Waals surface area contributed by atoms with Crippen LogP contribution in [0.2, 0.25) is 0 Å². The Bertz CT molecular complexity index is 426. The van der Waals surface area contributed by atoms with Gasteiger partial charge in [0.05, 0.1) is 12.8 Å². The molecule has 1 rings (SSSR count). The van der Waals surface area contributed by atoms with Crippen molar-refractivity contribution < 1.29 is 5.11 Å². The molecule has 0 bridgehead atoms. The molecule has 0 aromatic carbocycles. The standard InChI is InChI=1S/C27H54Cl2N2O/c1-4-6-8-9-10-11-12-13-14-15-16-17-18-19-20-24(3)27-30(21-7-5-2)25(28)26(29)31(27)22-23-32/h24-27,32H,4-23H2,1-3H3. The summed E-state index contributed by atoms with van der Waals surface area (Å²) in [6.45, 7) is 8.58. The number of halogens is 2. The predicted molar refractivity (Wildman–Crippen MR) is 143 cm³/mol. The van der Waals surface area contributed by atoms with E-state index in [-0.39, 0.29) is 23.8 Å². The molecular formula is C27H54Cl2N2O. The van der Waals surface area contributed by atoms with Crippen LogP contribution >= 0.6 is 23.2 Å². The van der Waals surface area contributed by atoms with Crippen LogP contribution in [0.5, 0.6) is 0 Å². The van der Waals surface area contributed by atoms with E-state index < -0.39 is 0 Å². The summed E-state index contributed by atoms with van der Waals surface area (Å²) in [5.74, 6) is 0.515. The normalized spacial score (nSPS) is 23.2. The van der Waals surface area contributed by atoms with Crippen molar-refractivity contribution in [2.24, 2.45) is 5.92 Å².